The van der Waals surface area contributed by atoms with Gasteiger partial charge < -0.3 is 4.74 Å². The Bertz CT molecular complexity index is 506. The summed E-state index contributed by atoms with van der Waals surface area (Å²) in [7, 11) is 1.73. The van der Waals surface area contributed by atoms with Crippen LogP contribution >= 0.6 is 11.5 Å². The SMILES string of the molecule is COc1cc2nsccc-2c1CN1CCCCCN1. The number of nitrogens with one attached hydrogen (secondary N) is 1. The topological polar surface area (TPSA) is 37.4 Å². The second-order valence-corrected chi connectivity index (χ2v) is 5.55. The first kappa shape index (κ1) is 12.8. The van der Waals surface area contributed by atoms with E-state index in [4.69, 9.17) is 4.74 Å². The quantitative estimate of drug-likeness (QED) is 0.936. The summed E-state index contributed by atoms with van der Waals surface area (Å²) in [5.41, 5.74) is 6.98. The molecule has 0 atom stereocenters. The highest BCUT2D eigenvalue weighted by molar-refractivity contribution is 7.03. The maximum Gasteiger partial charge on any atom is 0.126 e. The van der Waals surface area contributed by atoms with Gasteiger partial charge in [-0.15, -0.1) is 0 Å². The smallest absolute Gasteiger partial charge is 0.126 e. The van der Waals surface area contributed by atoms with E-state index in [1.54, 1.807) is 7.11 Å². The molecule has 1 saturated heterocycles. The van der Waals surface area contributed by atoms with Crippen LogP contribution in [0.5, 0.6) is 5.75 Å². The van der Waals surface area contributed by atoms with E-state index in [0.717, 1.165) is 31.1 Å². The molecule has 2 heterocycles. The first-order valence-corrected chi connectivity index (χ1v) is 7.60. The molecule has 4 nitrogen and oxygen atoms in total. The van der Waals surface area contributed by atoms with Crippen LogP contribution in [0.2, 0.25) is 0 Å². The van der Waals surface area contributed by atoms with Gasteiger partial charge in [-0.1, -0.05) is 6.42 Å². The molecular formula is C14H19N3OS. The predicted molar refractivity (Wildman–Crippen MR) is 77.6 cm³/mol. The zero-order chi connectivity index (χ0) is 13.1. The lowest BCUT2D eigenvalue weighted by Gasteiger charge is -2.21. The van der Waals surface area contributed by atoms with Gasteiger partial charge in [0.15, 0.2) is 0 Å². The molecule has 0 saturated carbocycles. The first-order valence-electron chi connectivity index (χ1n) is 6.77. The Morgan fingerprint density at radius 3 is 3.26 bits per heavy atom. The van der Waals surface area contributed by atoms with Crippen LogP contribution < -0.4 is 10.2 Å². The monoisotopic (exact) mass is 277 g/mol. The third kappa shape index (κ3) is 2.73. The first-order chi connectivity index (χ1) is 9.38. The molecule has 1 aliphatic carbocycles. The molecule has 0 amide bonds. The fraction of sp³-hybridized carbons (Fsp3) is 0.500. The van der Waals surface area contributed by atoms with Crippen molar-refractivity contribution in [2.24, 2.45) is 0 Å². The van der Waals surface area contributed by atoms with Crippen LogP contribution in [0.4, 0.5) is 0 Å². The molecular weight excluding hydrogens is 258 g/mol. The highest BCUT2D eigenvalue weighted by Crippen LogP contribution is 2.36. The molecule has 1 N–H and O–H groups in total. The van der Waals surface area contributed by atoms with E-state index in [1.807, 2.05) is 11.4 Å². The van der Waals surface area contributed by atoms with Gasteiger partial charge in [-0.2, -0.15) is 4.37 Å². The number of rotatable bonds is 3. The van der Waals surface area contributed by atoms with Crippen LogP contribution in [0.15, 0.2) is 17.5 Å². The van der Waals surface area contributed by atoms with Crippen LogP contribution in [0.25, 0.3) is 11.3 Å². The summed E-state index contributed by atoms with van der Waals surface area (Å²) < 4.78 is 9.96. The zero-order valence-corrected chi connectivity index (χ0v) is 12.0. The second kappa shape index (κ2) is 5.86. The van der Waals surface area contributed by atoms with Crippen molar-refractivity contribution in [1.29, 1.82) is 0 Å². The molecule has 3 rings (SSSR count). The van der Waals surface area contributed by atoms with Crippen molar-refractivity contribution in [3.63, 3.8) is 0 Å². The Morgan fingerprint density at radius 2 is 2.37 bits per heavy atom. The van der Waals surface area contributed by atoms with Gasteiger partial charge in [-0.25, -0.2) is 5.01 Å². The average molecular weight is 277 g/mol. The number of fused-ring (bicyclic) bond motifs is 1. The minimum absolute atomic E-state index is 0.878. The van der Waals surface area contributed by atoms with Crippen molar-refractivity contribution < 1.29 is 4.74 Å². The lowest BCUT2D eigenvalue weighted by molar-refractivity contribution is 0.190. The zero-order valence-electron chi connectivity index (χ0n) is 11.2. The van der Waals surface area contributed by atoms with Gasteiger partial charge in [-0.3, -0.25) is 5.43 Å². The van der Waals surface area contributed by atoms with E-state index in [9.17, 15) is 0 Å². The second-order valence-electron chi connectivity index (χ2n) is 4.88. The van der Waals surface area contributed by atoms with E-state index in [1.165, 1.54) is 41.9 Å². The van der Waals surface area contributed by atoms with Crippen molar-refractivity contribution in [2.75, 3.05) is 20.2 Å². The maximum atomic E-state index is 5.51. The normalized spacial score (nSPS) is 17.5. The van der Waals surface area contributed by atoms with E-state index in [0.29, 0.717) is 0 Å². The van der Waals surface area contributed by atoms with E-state index < -0.39 is 0 Å². The van der Waals surface area contributed by atoms with Crippen LogP contribution in [-0.4, -0.2) is 29.6 Å². The third-order valence-corrected chi connectivity index (χ3v) is 4.18. The van der Waals surface area contributed by atoms with Crippen LogP contribution in [0.1, 0.15) is 24.8 Å². The molecule has 0 radical (unpaired) electrons. The summed E-state index contributed by atoms with van der Waals surface area (Å²) in [4.78, 5) is 0. The lowest BCUT2D eigenvalue weighted by atomic mass is 10.1. The van der Waals surface area contributed by atoms with Crippen molar-refractivity contribution >= 4 is 11.5 Å². The number of hydrazine groups is 1. The Kier molecular flexibility index (Phi) is 3.96. The summed E-state index contributed by atoms with van der Waals surface area (Å²) in [5, 5.41) is 4.34. The molecule has 0 aromatic heterocycles. The maximum absolute atomic E-state index is 5.51. The number of methoxy groups -OCH3 is 1. The number of aromatic nitrogens is 1. The molecule has 19 heavy (non-hydrogen) atoms. The van der Waals surface area contributed by atoms with Crippen LogP contribution in [0, 0.1) is 0 Å². The molecule has 0 bridgehead atoms. The van der Waals surface area contributed by atoms with E-state index in [2.05, 4.69) is 20.9 Å². The fourth-order valence-corrected chi connectivity index (χ4v) is 3.14. The third-order valence-electron chi connectivity index (χ3n) is 3.62. The lowest BCUT2D eigenvalue weighted by Crippen LogP contribution is -2.37. The highest BCUT2D eigenvalue weighted by atomic mass is 32.1. The summed E-state index contributed by atoms with van der Waals surface area (Å²) in [6, 6.07) is 4.18. The minimum Gasteiger partial charge on any atom is -0.496 e. The number of hydrogen-bond acceptors (Lipinski definition) is 5. The molecule has 2 aliphatic heterocycles. The summed E-state index contributed by atoms with van der Waals surface area (Å²) in [6.07, 6.45) is 3.83. The van der Waals surface area contributed by atoms with Crippen LogP contribution in [0.3, 0.4) is 0 Å². The Labute approximate surface area is 117 Å². The van der Waals surface area contributed by atoms with E-state index >= 15 is 0 Å². The highest BCUT2D eigenvalue weighted by Gasteiger charge is 2.20. The summed E-state index contributed by atoms with van der Waals surface area (Å²) >= 11 is 1.48. The predicted octanol–water partition coefficient (Wildman–Crippen LogP) is 2.75. The van der Waals surface area contributed by atoms with Gasteiger partial charge in [-0.05, 0) is 30.4 Å². The van der Waals surface area contributed by atoms with Crippen molar-refractivity contribution in [2.45, 2.75) is 25.8 Å². The molecule has 102 valence electrons. The Morgan fingerprint density at radius 1 is 1.42 bits per heavy atom. The van der Waals surface area contributed by atoms with Gasteiger partial charge >= 0.3 is 0 Å². The van der Waals surface area contributed by atoms with E-state index in [-0.39, 0.29) is 0 Å². The molecule has 5 heteroatoms. The Balaban J connectivity index is 1.86. The van der Waals surface area contributed by atoms with Crippen LogP contribution in [-0.2, 0) is 6.54 Å². The van der Waals surface area contributed by atoms with Gasteiger partial charge in [0.25, 0.3) is 0 Å². The van der Waals surface area contributed by atoms with Gasteiger partial charge in [0.2, 0.25) is 0 Å². The van der Waals surface area contributed by atoms with Gasteiger partial charge in [0.1, 0.15) is 5.75 Å². The largest absolute Gasteiger partial charge is 0.496 e. The Hall–Kier alpha value is -1.17. The fourth-order valence-electron chi connectivity index (χ4n) is 2.62. The van der Waals surface area contributed by atoms with Gasteiger partial charge in [0, 0.05) is 42.2 Å². The molecule has 1 fully saturated rings. The van der Waals surface area contributed by atoms with Crippen molar-refractivity contribution in [1.82, 2.24) is 14.8 Å². The summed E-state index contributed by atoms with van der Waals surface area (Å²) in [6.45, 7) is 3.04. The molecule has 3 aliphatic rings. The van der Waals surface area contributed by atoms with Crippen molar-refractivity contribution in [3.05, 3.63) is 23.1 Å². The number of ether oxygens (including phenoxy) is 1. The number of hydrogen-bond donors (Lipinski definition) is 1. The molecule has 0 spiro atoms. The standard InChI is InChI=1S/C14H19N3OS/c1-18-14-9-13-11(5-8-19-16-13)12(14)10-17-7-4-2-3-6-15-17/h5,8-9,15H,2-4,6-7,10H2,1H3. The average Bonchev–Trinajstić information content (AvgIpc) is 2.62. The summed E-state index contributed by atoms with van der Waals surface area (Å²) in [5.74, 6) is 0.951. The molecule has 0 aromatic rings. The minimum atomic E-state index is 0.878. The molecule has 0 unspecified atom stereocenters. The van der Waals surface area contributed by atoms with Gasteiger partial charge in [0.05, 0.1) is 12.8 Å². The number of nitrogens with zero attached hydrogens (tertiary/aromatic N) is 2. The van der Waals surface area contributed by atoms with Crippen molar-refractivity contribution in [3.8, 4) is 17.0 Å². The molecule has 0 aromatic carbocycles.